The number of Topliss-reactive ketones (excluding diaryl/α,β-unsaturated/α-hetero) is 1. The molecule has 7 heteroatoms. The molecule has 0 spiro atoms. The van der Waals surface area contributed by atoms with Crippen molar-refractivity contribution in [1.82, 2.24) is 19.9 Å². The standard InChI is InChI=1S/C26H24ClN5O/c1-31-6-8-32(9-7-31)26-13-19(4-5-29-26)25(33)14-24-12-21-10-18(2-3-20(21)16-30-24)22-11-23(27)17-28-15-22/h2-5,10-13,15-17H,6-9,14H2,1H3. The third-order valence-corrected chi connectivity index (χ3v) is 6.26. The fourth-order valence-electron chi connectivity index (χ4n) is 4.10. The second-order valence-corrected chi connectivity index (χ2v) is 8.86. The van der Waals surface area contributed by atoms with E-state index in [1.165, 1.54) is 0 Å². The number of ketones is 1. The van der Waals surface area contributed by atoms with Crippen LogP contribution in [0, 0.1) is 0 Å². The molecule has 0 unspecified atom stereocenters. The first-order chi connectivity index (χ1) is 16.0. The summed E-state index contributed by atoms with van der Waals surface area (Å²) in [5.74, 6) is 0.898. The average Bonchev–Trinajstić information content (AvgIpc) is 2.84. The highest BCUT2D eigenvalue weighted by Crippen LogP contribution is 2.26. The minimum atomic E-state index is 0.0369. The molecule has 0 saturated carbocycles. The molecule has 166 valence electrons. The van der Waals surface area contributed by atoms with E-state index in [0.717, 1.165) is 59.6 Å². The maximum absolute atomic E-state index is 13.0. The van der Waals surface area contributed by atoms with Gasteiger partial charge in [-0.2, -0.15) is 0 Å². The number of likely N-dealkylation sites (N-methyl/N-ethyl adjacent to an activating group) is 1. The smallest absolute Gasteiger partial charge is 0.169 e. The first kappa shape index (κ1) is 21.5. The van der Waals surface area contributed by atoms with E-state index in [0.29, 0.717) is 10.6 Å². The molecule has 0 atom stereocenters. The van der Waals surface area contributed by atoms with Crippen LogP contribution in [-0.4, -0.2) is 58.9 Å². The van der Waals surface area contributed by atoms with Crippen LogP contribution in [0.3, 0.4) is 0 Å². The largest absolute Gasteiger partial charge is 0.354 e. The number of carbonyl (C=O) groups is 1. The molecule has 0 amide bonds. The molecule has 0 aliphatic carbocycles. The van der Waals surface area contributed by atoms with Gasteiger partial charge in [0.05, 0.1) is 11.4 Å². The van der Waals surface area contributed by atoms with Gasteiger partial charge < -0.3 is 9.80 Å². The van der Waals surface area contributed by atoms with Gasteiger partial charge in [-0.25, -0.2) is 4.98 Å². The number of carbonyl (C=O) groups excluding carboxylic acids is 1. The van der Waals surface area contributed by atoms with Crippen molar-refractivity contribution < 1.29 is 4.79 Å². The summed E-state index contributed by atoms with van der Waals surface area (Å²) in [6, 6.07) is 13.7. The molecule has 1 aliphatic rings. The van der Waals surface area contributed by atoms with Gasteiger partial charge in [-0.1, -0.05) is 23.7 Å². The number of hydrogen-bond acceptors (Lipinski definition) is 6. The van der Waals surface area contributed by atoms with E-state index in [4.69, 9.17) is 11.6 Å². The van der Waals surface area contributed by atoms with Crippen LogP contribution in [0.5, 0.6) is 0 Å². The monoisotopic (exact) mass is 457 g/mol. The quantitative estimate of drug-likeness (QED) is 0.410. The Labute approximate surface area is 197 Å². The zero-order valence-electron chi connectivity index (χ0n) is 18.4. The molecule has 5 rings (SSSR count). The second kappa shape index (κ2) is 9.25. The van der Waals surface area contributed by atoms with Crippen molar-refractivity contribution in [3.63, 3.8) is 0 Å². The Kier molecular flexibility index (Phi) is 6.03. The van der Waals surface area contributed by atoms with Crippen molar-refractivity contribution in [2.45, 2.75) is 6.42 Å². The Balaban J connectivity index is 1.36. The molecule has 33 heavy (non-hydrogen) atoms. The number of rotatable bonds is 5. The summed E-state index contributed by atoms with van der Waals surface area (Å²) < 4.78 is 0. The third kappa shape index (κ3) is 4.87. The lowest BCUT2D eigenvalue weighted by Gasteiger charge is -2.33. The van der Waals surface area contributed by atoms with E-state index in [1.54, 1.807) is 24.7 Å². The van der Waals surface area contributed by atoms with Crippen molar-refractivity contribution in [3.05, 3.63) is 83.5 Å². The number of fused-ring (bicyclic) bond motifs is 1. The van der Waals surface area contributed by atoms with E-state index in [2.05, 4.69) is 37.9 Å². The molecule has 4 heterocycles. The molecule has 1 saturated heterocycles. The maximum atomic E-state index is 13.0. The van der Waals surface area contributed by atoms with Crippen molar-refractivity contribution in [1.29, 1.82) is 0 Å². The van der Waals surface area contributed by atoms with Crippen LogP contribution in [0.1, 0.15) is 16.1 Å². The van der Waals surface area contributed by atoms with Crippen LogP contribution in [-0.2, 0) is 6.42 Å². The summed E-state index contributed by atoms with van der Waals surface area (Å²) in [4.78, 5) is 30.8. The van der Waals surface area contributed by atoms with Gasteiger partial charge in [0.2, 0.25) is 0 Å². The van der Waals surface area contributed by atoms with Gasteiger partial charge >= 0.3 is 0 Å². The Hall–Kier alpha value is -3.35. The SMILES string of the molecule is CN1CCN(c2cc(C(=O)Cc3cc4cc(-c5cncc(Cl)c5)ccc4cn3)ccn2)CC1. The zero-order valence-corrected chi connectivity index (χ0v) is 19.2. The predicted octanol–water partition coefficient (Wildman–Crippen LogP) is 4.52. The van der Waals surface area contributed by atoms with Crippen molar-refractivity contribution in [2.24, 2.45) is 0 Å². The van der Waals surface area contributed by atoms with Crippen LogP contribution in [0.25, 0.3) is 21.9 Å². The van der Waals surface area contributed by atoms with Gasteiger partial charge in [0.25, 0.3) is 0 Å². The fourth-order valence-corrected chi connectivity index (χ4v) is 4.27. The van der Waals surface area contributed by atoms with E-state index >= 15 is 0 Å². The van der Waals surface area contributed by atoms with Gasteiger partial charge in [0.15, 0.2) is 5.78 Å². The number of anilines is 1. The Morgan fingerprint density at radius 3 is 2.58 bits per heavy atom. The Morgan fingerprint density at radius 1 is 0.909 bits per heavy atom. The number of pyridine rings is 3. The molecule has 0 bridgehead atoms. The van der Waals surface area contributed by atoms with E-state index < -0.39 is 0 Å². The zero-order chi connectivity index (χ0) is 22.8. The molecule has 1 aromatic carbocycles. The number of hydrogen-bond donors (Lipinski definition) is 0. The number of benzene rings is 1. The minimum absolute atomic E-state index is 0.0369. The van der Waals surface area contributed by atoms with Crippen LogP contribution < -0.4 is 4.90 Å². The molecule has 0 N–H and O–H groups in total. The maximum Gasteiger partial charge on any atom is 0.169 e. The fraction of sp³-hybridized carbons (Fsp3) is 0.231. The Morgan fingerprint density at radius 2 is 1.76 bits per heavy atom. The molecule has 6 nitrogen and oxygen atoms in total. The van der Waals surface area contributed by atoms with E-state index in [1.807, 2.05) is 36.5 Å². The molecule has 0 radical (unpaired) electrons. The van der Waals surface area contributed by atoms with E-state index in [9.17, 15) is 4.79 Å². The first-order valence-corrected chi connectivity index (χ1v) is 11.4. The summed E-state index contributed by atoms with van der Waals surface area (Å²) in [5, 5.41) is 2.64. The van der Waals surface area contributed by atoms with Crippen LogP contribution in [0.2, 0.25) is 5.02 Å². The van der Waals surface area contributed by atoms with Crippen molar-refractivity contribution >= 4 is 34.0 Å². The molecule has 3 aromatic heterocycles. The Bertz CT molecular complexity index is 1320. The van der Waals surface area contributed by atoms with E-state index in [-0.39, 0.29) is 12.2 Å². The normalized spacial score (nSPS) is 14.5. The lowest BCUT2D eigenvalue weighted by molar-refractivity contribution is 0.0992. The second-order valence-electron chi connectivity index (χ2n) is 8.42. The van der Waals surface area contributed by atoms with Crippen LogP contribution in [0.15, 0.2) is 67.3 Å². The summed E-state index contributed by atoms with van der Waals surface area (Å²) in [6.07, 6.45) is 7.19. The van der Waals surface area contributed by atoms with Gasteiger partial charge in [-0.15, -0.1) is 0 Å². The van der Waals surface area contributed by atoms with Crippen molar-refractivity contribution in [2.75, 3.05) is 38.1 Å². The van der Waals surface area contributed by atoms with Gasteiger partial charge in [-0.3, -0.25) is 14.8 Å². The summed E-state index contributed by atoms with van der Waals surface area (Å²) in [6.45, 7) is 3.82. The summed E-state index contributed by atoms with van der Waals surface area (Å²) in [7, 11) is 2.12. The lowest BCUT2D eigenvalue weighted by atomic mass is 10.0. The topological polar surface area (TPSA) is 62.2 Å². The molecule has 1 aliphatic heterocycles. The molecular weight excluding hydrogens is 434 g/mol. The van der Waals surface area contributed by atoms with Gasteiger partial charge in [0, 0.05) is 73.2 Å². The minimum Gasteiger partial charge on any atom is -0.354 e. The van der Waals surface area contributed by atoms with Crippen LogP contribution in [0.4, 0.5) is 5.82 Å². The highest BCUT2D eigenvalue weighted by Gasteiger charge is 2.17. The molecular formula is C26H24ClN5O. The summed E-state index contributed by atoms with van der Waals surface area (Å²) >= 11 is 6.10. The number of piperazine rings is 1. The number of aromatic nitrogens is 3. The highest BCUT2D eigenvalue weighted by atomic mass is 35.5. The average molecular weight is 458 g/mol. The third-order valence-electron chi connectivity index (χ3n) is 6.05. The van der Waals surface area contributed by atoms with Crippen LogP contribution >= 0.6 is 11.6 Å². The van der Waals surface area contributed by atoms with Gasteiger partial charge in [0.1, 0.15) is 5.82 Å². The molecule has 1 fully saturated rings. The number of halogens is 1. The highest BCUT2D eigenvalue weighted by molar-refractivity contribution is 6.30. The number of nitrogens with zero attached hydrogens (tertiary/aromatic N) is 5. The predicted molar refractivity (Wildman–Crippen MR) is 132 cm³/mol. The lowest BCUT2D eigenvalue weighted by Crippen LogP contribution is -2.44. The van der Waals surface area contributed by atoms with Gasteiger partial charge in [-0.05, 0) is 48.3 Å². The summed E-state index contributed by atoms with van der Waals surface area (Å²) in [5.41, 5.74) is 3.38. The van der Waals surface area contributed by atoms with Crippen molar-refractivity contribution in [3.8, 4) is 11.1 Å². The first-order valence-electron chi connectivity index (χ1n) is 11.0. The molecule has 4 aromatic rings.